The quantitative estimate of drug-likeness (QED) is 0.152. The first-order valence-corrected chi connectivity index (χ1v) is 19.9. The Balaban J connectivity index is 2.55. The third-order valence-electron chi connectivity index (χ3n) is 7.59. The highest BCUT2D eigenvalue weighted by atomic mass is 35.6. The van der Waals surface area contributed by atoms with Crippen LogP contribution in [-0.2, 0) is 23.4 Å². The van der Waals surface area contributed by atoms with E-state index in [4.69, 9.17) is 88.2 Å². The summed E-state index contributed by atoms with van der Waals surface area (Å²) < 4.78 is 18.7. The zero-order chi connectivity index (χ0) is 35.5. The molecule has 0 radical (unpaired) electrons. The molecule has 2 rings (SSSR count). The van der Waals surface area contributed by atoms with Gasteiger partial charge in [-0.05, 0) is 64.6 Å². The molecule has 2 saturated heterocycles. The SMILES string of the molecule is CC(C)(C)OC(=O)N1[C@H](C(=O)N2[C@@H](CO[Si](C)(C)C(C)(C)C)CCCN2C(=O)OCC(Cl)(Cl)Cl)CCCN1C(=O)OCC(Cl)(Cl)Cl. The average molecular weight is 793 g/mol. The molecule has 2 aliphatic heterocycles. The van der Waals surface area contributed by atoms with E-state index in [1.54, 1.807) is 20.8 Å². The van der Waals surface area contributed by atoms with Crippen molar-refractivity contribution in [3.8, 4) is 0 Å². The molecule has 2 fully saturated rings. The molecule has 266 valence electrons. The van der Waals surface area contributed by atoms with Crippen LogP contribution in [0, 0.1) is 0 Å². The minimum atomic E-state index is -2.30. The van der Waals surface area contributed by atoms with Crippen LogP contribution in [0.4, 0.5) is 14.4 Å². The molecule has 19 heteroatoms. The lowest BCUT2D eigenvalue weighted by Crippen LogP contribution is -2.68. The predicted molar refractivity (Wildman–Crippen MR) is 181 cm³/mol. The maximum absolute atomic E-state index is 14.6. The van der Waals surface area contributed by atoms with Gasteiger partial charge >= 0.3 is 18.3 Å². The molecule has 4 amide bonds. The summed E-state index contributed by atoms with van der Waals surface area (Å²) in [6.07, 6.45) is -1.57. The predicted octanol–water partition coefficient (Wildman–Crippen LogP) is 7.85. The van der Waals surface area contributed by atoms with Crippen molar-refractivity contribution in [2.75, 3.05) is 32.9 Å². The van der Waals surface area contributed by atoms with Crippen molar-refractivity contribution in [2.24, 2.45) is 0 Å². The summed E-state index contributed by atoms with van der Waals surface area (Å²) >= 11 is 34.8. The molecule has 0 aromatic rings. The number of carbonyl (C=O) groups is 4. The third kappa shape index (κ3) is 12.3. The van der Waals surface area contributed by atoms with Gasteiger partial charge in [-0.25, -0.2) is 34.4 Å². The number of hydrogen-bond acceptors (Lipinski definition) is 8. The average Bonchev–Trinajstić information content (AvgIpc) is 2.90. The number of carbonyl (C=O) groups excluding carboxylic acids is 4. The number of rotatable bonds is 6. The van der Waals surface area contributed by atoms with Crippen LogP contribution < -0.4 is 0 Å². The lowest BCUT2D eigenvalue weighted by molar-refractivity contribution is -0.174. The fourth-order valence-corrected chi connectivity index (χ4v) is 5.79. The smallest absolute Gasteiger partial charge is 0.430 e. The molecule has 2 atom stereocenters. The van der Waals surface area contributed by atoms with Crippen LogP contribution in [0.1, 0.15) is 67.2 Å². The standard InChI is InChI=1S/C27H44Cl6N4O8Si/c1-24(2,3)45-23(41)37-19(12-10-14-35(37)22(40)43-17-27(31,32)33)20(38)36-18(15-44-46(7,8)25(4,5)6)11-9-13-34(36)21(39)42-16-26(28,29)30/h18-19H,9-17H2,1-8H3/t18-,19+/m1/s1. The first-order valence-electron chi connectivity index (χ1n) is 14.8. The number of halogens is 6. The second-order valence-electron chi connectivity index (χ2n) is 13.6. The first kappa shape index (κ1) is 41.4. The summed E-state index contributed by atoms with van der Waals surface area (Å²) in [7, 11) is -2.30. The van der Waals surface area contributed by atoms with E-state index in [0.717, 1.165) is 15.0 Å². The van der Waals surface area contributed by atoms with Gasteiger partial charge in [-0.1, -0.05) is 90.4 Å². The van der Waals surface area contributed by atoms with Gasteiger partial charge in [0.15, 0.2) is 8.32 Å². The van der Waals surface area contributed by atoms with Gasteiger partial charge in [-0.3, -0.25) is 4.79 Å². The van der Waals surface area contributed by atoms with Gasteiger partial charge in [0, 0.05) is 13.1 Å². The first-order chi connectivity index (χ1) is 20.7. The Kier molecular flexibility index (Phi) is 14.2. The lowest BCUT2D eigenvalue weighted by atomic mass is 10.0. The Morgan fingerprint density at radius 1 is 0.717 bits per heavy atom. The van der Waals surface area contributed by atoms with Crippen LogP contribution in [-0.4, -0.2) is 111 Å². The van der Waals surface area contributed by atoms with Gasteiger partial charge in [-0.2, -0.15) is 0 Å². The van der Waals surface area contributed by atoms with Crippen molar-refractivity contribution in [3.05, 3.63) is 0 Å². The van der Waals surface area contributed by atoms with E-state index in [-0.39, 0.29) is 37.6 Å². The molecule has 46 heavy (non-hydrogen) atoms. The van der Waals surface area contributed by atoms with Crippen molar-refractivity contribution in [2.45, 2.75) is 111 Å². The topological polar surface area (TPSA) is 118 Å². The number of hydrogen-bond donors (Lipinski definition) is 0. The van der Waals surface area contributed by atoms with Crippen LogP contribution in [0.3, 0.4) is 0 Å². The Bertz CT molecular complexity index is 1110. The Morgan fingerprint density at radius 3 is 1.61 bits per heavy atom. The van der Waals surface area contributed by atoms with E-state index in [9.17, 15) is 19.2 Å². The molecule has 12 nitrogen and oxygen atoms in total. The van der Waals surface area contributed by atoms with Crippen LogP contribution in [0.25, 0.3) is 0 Å². The molecule has 2 aliphatic rings. The molecular formula is C27H44Cl6N4O8Si. The summed E-state index contributed by atoms with van der Waals surface area (Å²) in [5, 5.41) is 4.05. The summed E-state index contributed by atoms with van der Waals surface area (Å²) in [6, 6.07) is -1.94. The highest BCUT2D eigenvalue weighted by Gasteiger charge is 2.49. The van der Waals surface area contributed by atoms with Crippen molar-refractivity contribution < 1.29 is 37.8 Å². The zero-order valence-electron chi connectivity index (χ0n) is 27.3. The summed E-state index contributed by atoms with van der Waals surface area (Å²) in [5.41, 5.74) is -0.993. The van der Waals surface area contributed by atoms with Crippen LogP contribution >= 0.6 is 69.6 Å². The number of amides is 4. The van der Waals surface area contributed by atoms with Crippen LogP contribution in [0.15, 0.2) is 0 Å². The van der Waals surface area contributed by atoms with E-state index in [2.05, 4.69) is 33.9 Å². The summed E-state index contributed by atoms with van der Waals surface area (Å²) in [4.78, 5) is 54.9. The molecule has 0 bridgehead atoms. The summed E-state index contributed by atoms with van der Waals surface area (Å²) in [6.45, 7) is 14.3. The van der Waals surface area contributed by atoms with Gasteiger partial charge in [-0.15, -0.1) is 0 Å². The Hall–Kier alpha value is -0.803. The van der Waals surface area contributed by atoms with Crippen molar-refractivity contribution in [1.29, 1.82) is 0 Å². The minimum absolute atomic E-state index is 0.00533. The second kappa shape index (κ2) is 15.8. The molecule has 0 spiro atoms. The monoisotopic (exact) mass is 790 g/mol. The van der Waals surface area contributed by atoms with Gasteiger partial charge < -0.3 is 18.6 Å². The maximum Gasteiger partial charge on any atom is 0.430 e. The summed E-state index contributed by atoms with van der Waals surface area (Å²) in [5.74, 6) is -0.681. The number of nitrogens with zero attached hydrogens (tertiary/aromatic N) is 4. The number of alkyl halides is 6. The maximum atomic E-state index is 14.6. The minimum Gasteiger partial charge on any atom is -0.444 e. The van der Waals surface area contributed by atoms with Crippen LogP contribution in [0.5, 0.6) is 0 Å². The van der Waals surface area contributed by atoms with Crippen molar-refractivity contribution in [1.82, 2.24) is 20.0 Å². The van der Waals surface area contributed by atoms with Gasteiger partial charge in [0.05, 0.1) is 12.6 Å². The van der Waals surface area contributed by atoms with E-state index in [0.29, 0.717) is 12.8 Å². The number of hydrazine groups is 2. The van der Waals surface area contributed by atoms with Gasteiger partial charge in [0.25, 0.3) is 5.91 Å². The fourth-order valence-electron chi connectivity index (χ4n) is 4.42. The molecule has 0 saturated carbocycles. The van der Waals surface area contributed by atoms with E-state index in [1.165, 1.54) is 5.01 Å². The molecule has 0 aromatic carbocycles. The zero-order valence-corrected chi connectivity index (χ0v) is 32.9. The van der Waals surface area contributed by atoms with E-state index in [1.807, 2.05) is 0 Å². The third-order valence-corrected chi connectivity index (χ3v) is 12.7. The van der Waals surface area contributed by atoms with Gasteiger partial charge in [0.1, 0.15) is 24.9 Å². The molecular weight excluding hydrogens is 749 g/mol. The van der Waals surface area contributed by atoms with Gasteiger partial charge in [0.2, 0.25) is 7.59 Å². The largest absolute Gasteiger partial charge is 0.444 e. The molecule has 0 aromatic heterocycles. The molecule has 0 unspecified atom stereocenters. The number of ether oxygens (including phenoxy) is 3. The normalized spacial score (nSPS) is 20.4. The lowest BCUT2D eigenvalue weighted by Gasteiger charge is -2.49. The molecule has 0 aliphatic carbocycles. The van der Waals surface area contributed by atoms with Crippen LogP contribution in [0.2, 0.25) is 18.1 Å². The molecule has 2 heterocycles. The highest BCUT2D eigenvalue weighted by Crippen LogP contribution is 2.38. The Morgan fingerprint density at radius 2 is 1.17 bits per heavy atom. The second-order valence-corrected chi connectivity index (χ2v) is 23.5. The highest BCUT2D eigenvalue weighted by molar-refractivity contribution is 6.74. The van der Waals surface area contributed by atoms with Crippen molar-refractivity contribution in [3.63, 3.8) is 0 Å². The molecule has 0 N–H and O–H groups in total. The Labute approximate surface area is 302 Å². The van der Waals surface area contributed by atoms with E-state index >= 15 is 0 Å². The van der Waals surface area contributed by atoms with E-state index < -0.39 is 71.0 Å². The van der Waals surface area contributed by atoms with Crippen molar-refractivity contribution >= 4 is 102 Å². The fraction of sp³-hybridized carbons (Fsp3) is 0.852.